The van der Waals surface area contributed by atoms with Crippen LogP contribution in [0.2, 0.25) is 5.02 Å². The summed E-state index contributed by atoms with van der Waals surface area (Å²) >= 11 is 12.4. The Hall–Kier alpha value is -3.46. The van der Waals surface area contributed by atoms with Crippen LogP contribution in [0.4, 0.5) is 11.5 Å². The standard InChI is InChI=1S/C15H12BrNO2.C12H8BrClN2O/c16-12-7-5-11(6-8-12)14(18)9-10-17-13-3-1-2-4-15(13)19;13-10-6-9(14)5-8(12(10)17)7-16-11-3-1-2-4-15-11/h1-10,17,19H;1-7,17H/b10-9+;. The van der Waals surface area contributed by atoms with Crippen LogP contribution in [0.5, 0.6) is 11.5 Å². The number of phenolic OH excluding ortho intramolecular Hbond substituents is 2. The fraction of sp³-hybridized carbons (Fsp3) is 0. The highest BCUT2D eigenvalue weighted by molar-refractivity contribution is 9.10. The van der Waals surface area contributed by atoms with Gasteiger partial charge in [0.05, 0.1) is 10.2 Å². The Morgan fingerprint density at radius 3 is 2.39 bits per heavy atom. The first-order chi connectivity index (χ1) is 17.3. The first-order valence-corrected chi connectivity index (χ1v) is 12.4. The van der Waals surface area contributed by atoms with Gasteiger partial charge in [0.15, 0.2) is 11.6 Å². The molecule has 0 amide bonds. The number of ketones is 1. The van der Waals surface area contributed by atoms with E-state index in [4.69, 9.17) is 11.6 Å². The fourth-order valence-corrected chi connectivity index (χ4v) is 3.86. The molecule has 0 aliphatic rings. The summed E-state index contributed by atoms with van der Waals surface area (Å²) in [5.74, 6) is 0.718. The molecule has 182 valence electrons. The smallest absolute Gasteiger partial charge is 0.187 e. The van der Waals surface area contributed by atoms with E-state index in [1.807, 2.05) is 24.3 Å². The van der Waals surface area contributed by atoms with E-state index < -0.39 is 0 Å². The maximum absolute atomic E-state index is 11.8. The number of hydrogen-bond donors (Lipinski definition) is 3. The minimum Gasteiger partial charge on any atom is -0.506 e. The maximum Gasteiger partial charge on any atom is 0.187 e. The number of carbonyl (C=O) groups excluding carboxylic acids is 1. The molecule has 0 unspecified atom stereocenters. The molecule has 3 aromatic carbocycles. The van der Waals surface area contributed by atoms with Crippen molar-refractivity contribution in [3.8, 4) is 11.5 Å². The average molecular weight is 630 g/mol. The van der Waals surface area contributed by atoms with Gasteiger partial charge in [0.25, 0.3) is 0 Å². The van der Waals surface area contributed by atoms with Gasteiger partial charge in [-0.15, -0.1) is 0 Å². The van der Waals surface area contributed by atoms with Gasteiger partial charge in [-0.05, 0) is 76.6 Å². The number of nitrogens with one attached hydrogen (secondary N) is 1. The Bertz CT molecular complexity index is 1380. The van der Waals surface area contributed by atoms with Crippen LogP contribution in [0.15, 0.2) is 111 Å². The predicted octanol–water partition coefficient (Wildman–Crippen LogP) is 7.92. The number of aromatic hydroxyl groups is 2. The highest BCUT2D eigenvalue weighted by Gasteiger charge is 2.05. The molecule has 36 heavy (non-hydrogen) atoms. The number of allylic oxidation sites excluding steroid dienone is 1. The lowest BCUT2D eigenvalue weighted by molar-refractivity contribution is 0.104. The van der Waals surface area contributed by atoms with Crippen LogP contribution < -0.4 is 5.32 Å². The Morgan fingerprint density at radius 1 is 0.972 bits per heavy atom. The molecular formula is C27H20Br2ClN3O3. The van der Waals surface area contributed by atoms with E-state index in [0.717, 1.165) is 4.47 Å². The van der Waals surface area contributed by atoms with Crippen LogP contribution in [0, 0.1) is 0 Å². The van der Waals surface area contributed by atoms with Gasteiger partial charge in [-0.3, -0.25) is 4.79 Å². The quantitative estimate of drug-likeness (QED) is 0.0872. The second kappa shape index (κ2) is 13.6. The molecule has 0 atom stereocenters. The zero-order chi connectivity index (χ0) is 25.9. The van der Waals surface area contributed by atoms with Crippen LogP contribution in [-0.4, -0.2) is 27.2 Å². The Balaban J connectivity index is 0.000000202. The summed E-state index contributed by atoms with van der Waals surface area (Å²) in [5.41, 5.74) is 1.70. The zero-order valence-electron chi connectivity index (χ0n) is 18.6. The number of carbonyl (C=O) groups is 1. The van der Waals surface area contributed by atoms with Crippen LogP contribution in [0.3, 0.4) is 0 Å². The zero-order valence-corrected chi connectivity index (χ0v) is 22.6. The number of phenols is 2. The van der Waals surface area contributed by atoms with Crippen molar-refractivity contribution >= 4 is 67.0 Å². The molecule has 0 radical (unpaired) electrons. The number of anilines is 1. The van der Waals surface area contributed by atoms with Gasteiger partial charge in [0.2, 0.25) is 0 Å². The van der Waals surface area contributed by atoms with Crippen molar-refractivity contribution in [3.63, 3.8) is 0 Å². The molecule has 9 heteroatoms. The van der Waals surface area contributed by atoms with E-state index >= 15 is 0 Å². The van der Waals surface area contributed by atoms with E-state index in [0.29, 0.717) is 32.1 Å². The lowest BCUT2D eigenvalue weighted by atomic mass is 10.1. The third kappa shape index (κ3) is 8.34. The largest absolute Gasteiger partial charge is 0.506 e. The van der Waals surface area contributed by atoms with Gasteiger partial charge in [-0.1, -0.05) is 45.7 Å². The SMILES string of the molecule is O=C(/C=C/Nc1ccccc1O)c1ccc(Br)cc1.Oc1c(Br)cc(Cl)cc1C=Nc1ccccn1. The summed E-state index contributed by atoms with van der Waals surface area (Å²) < 4.78 is 1.47. The molecule has 6 nitrogen and oxygen atoms in total. The van der Waals surface area contributed by atoms with E-state index in [-0.39, 0.29) is 17.3 Å². The summed E-state index contributed by atoms with van der Waals surface area (Å²) in [6, 6.07) is 22.6. The highest BCUT2D eigenvalue weighted by Crippen LogP contribution is 2.30. The highest BCUT2D eigenvalue weighted by atomic mass is 79.9. The Labute approximate surface area is 230 Å². The fourth-order valence-electron chi connectivity index (χ4n) is 2.76. The molecule has 0 aliphatic heterocycles. The molecule has 3 N–H and O–H groups in total. The second-order valence-electron chi connectivity index (χ2n) is 7.14. The van der Waals surface area contributed by atoms with Crippen molar-refractivity contribution in [1.29, 1.82) is 0 Å². The van der Waals surface area contributed by atoms with Gasteiger partial charge < -0.3 is 15.5 Å². The first-order valence-electron chi connectivity index (χ1n) is 10.5. The number of nitrogens with zero attached hydrogens (tertiary/aromatic N) is 2. The number of benzene rings is 3. The monoisotopic (exact) mass is 627 g/mol. The normalized spacial score (nSPS) is 10.8. The van der Waals surface area contributed by atoms with Crippen LogP contribution in [-0.2, 0) is 0 Å². The molecule has 0 spiro atoms. The molecule has 0 saturated carbocycles. The summed E-state index contributed by atoms with van der Waals surface area (Å²) in [6.45, 7) is 0. The molecule has 0 bridgehead atoms. The lowest BCUT2D eigenvalue weighted by Gasteiger charge is -2.02. The van der Waals surface area contributed by atoms with Crippen molar-refractivity contribution in [2.45, 2.75) is 0 Å². The topological polar surface area (TPSA) is 94.8 Å². The van der Waals surface area contributed by atoms with Gasteiger partial charge in [0, 0.05) is 45.3 Å². The molecule has 0 saturated heterocycles. The van der Waals surface area contributed by atoms with Crippen LogP contribution >= 0.6 is 43.5 Å². The van der Waals surface area contributed by atoms with Gasteiger partial charge in [-0.25, -0.2) is 9.98 Å². The first kappa shape index (κ1) is 27.1. The predicted molar refractivity (Wildman–Crippen MR) is 152 cm³/mol. The summed E-state index contributed by atoms with van der Waals surface area (Å²) in [7, 11) is 0. The number of aliphatic imine (C=N–C) groups is 1. The van der Waals surface area contributed by atoms with Crippen molar-refractivity contribution in [1.82, 2.24) is 4.98 Å². The summed E-state index contributed by atoms with van der Waals surface area (Å²) in [6.07, 6.45) is 6.11. The number of rotatable bonds is 6. The molecule has 0 fully saturated rings. The van der Waals surface area contributed by atoms with Gasteiger partial charge in [-0.2, -0.15) is 0 Å². The Morgan fingerprint density at radius 2 is 1.69 bits per heavy atom. The summed E-state index contributed by atoms with van der Waals surface area (Å²) in [4.78, 5) is 20.0. The van der Waals surface area contributed by atoms with E-state index in [1.165, 1.54) is 18.5 Å². The number of hydrogen-bond acceptors (Lipinski definition) is 6. The number of halogens is 3. The minimum absolute atomic E-state index is 0.101. The minimum atomic E-state index is -0.101. The van der Waals surface area contributed by atoms with E-state index in [9.17, 15) is 15.0 Å². The molecule has 1 heterocycles. The number of aromatic nitrogens is 1. The third-order valence-electron chi connectivity index (χ3n) is 4.55. The van der Waals surface area contributed by atoms with Crippen molar-refractivity contribution < 1.29 is 15.0 Å². The van der Waals surface area contributed by atoms with Crippen molar-refractivity contribution in [3.05, 3.63) is 122 Å². The van der Waals surface area contributed by atoms with E-state index in [2.05, 4.69) is 47.2 Å². The lowest BCUT2D eigenvalue weighted by Crippen LogP contribution is -1.96. The van der Waals surface area contributed by atoms with Crippen LogP contribution in [0.25, 0.3) is 0 Å². The van der Waals surface area contributed by atoms with Gasteiger partial charge >= 0.3 is 0 Å². The van der Waals surface area contributed by atoms with Gasteiger partial charge in [0.1, 0.15) is 11.5 Å². The molecule has 4 aromatic rings. The molecule has 4 rings (SSSR count). The van der Waals surface area contributed by atoms with E-state index in [1.54, 1.807) is 60.8 Å². The molecule has 0 aliphatic carbocycles. The average Bonchev–Trinajstić information content (AvgIpc) is 2.88. The number of pyridine rings is 1. The molecular weight excluding hydrogens is 610 g/mol. The third-order valence-corrected chi connectivity index (χ3v) is 5.90. The Kier molecular flexibility index (Phi) is 10.2. The van der Waals surface area contributed by atoms with Crippen molar-refractivity contribution in [2.75, 3.05) is 5.32 Å². The maximum atomic E-state index is 11.8. The van der Waals surface area contributed by atoms with Crippen molar-refractivity contribution in [2.24, 2.45) is 4.99 Å². The summed E-state index contributed by atoms with van der Waals surface area (Å²) in [5, 5.41) is 22.7. The number of para-hydroxylation sites is 2. The van der Waals surface area contributed by atoms with Crippen LogP contribution in [0.1, 0.15) is 15.9 Å². The second-order valence-corrected chi connectivity index (χ2v) is 9.34. The molecule has 1 aromatic heterocycles.